The van der Waals surface area contributed by atoms with E-state index < -0.39 is 11.1 Å². The largest absolute Gasteiger partial charge is 0.504 e. The number of halogens is 1. The quantitative estimate of drug-likeness (QED) is 0.658. The van der Waals surface area contributed by atoms with Crippen LogP contribution in [-0.2, 0) is 11.3 Å². The fourth-order valence-electron chi connectivity index (χ4n) is 2.19. The van der Waals surface area contributed by atoms with Gasteiger partial charge in [-0.15, -0.1) is 0 Å². The third kappa shape index (κ3) is 3.26. The number of amides is 2. The molecule has 1 aliphatic heterocycles. The van der Waals surface area contributed by atoms with Crippen molar-refractivity contribution in [3.05, 3.63) is 64.3 Å². The maximum absolute atomic E-state index is 12.9. The number of hydrogen-bond acceptors (Lipinski definition) is 5. The Bertz CT molecular complexity index is 848. The lowest BCUT2D eigenvalue weighted by atomic mass is 10.1. The summed E-state index contributed by atoms with van der Waals surface area (Å²) in [6, 6.07) is 9.67. The average Bonchev–Trinajstić information content (AvgIpc) is 2.80. The predicted molar refractivity (Wildman–Crippen MR) is 87.7 cm³/mol. The van der Waals surface area contributed by atoms with E-state index >= 15 is 0 Å². The summed E-state index contributed by atoms with van der Waals surface area (Å²) in [4.78, 5) is 25.7. The van der Waals surface area contributed by atoms with Crippen molar-refractivity contribution < 1.29 is 24.2 Å². The molecule has 0 aromatic heterocycles. The highest BCUT2D eigenvalue weighted by atomic mass is 32.2. The molecule has 0 atom stereocenters. The summed E-state index contributed by atoms with van der Waals surface area (Å²) in [5.41, 5.74) is 1.12. The number of hydrogen-bond donors (Lipinski definition) is 2. The Morgan fingerprint density at radius 1 is 1.04 bits per heavy atom. The molecule has 1 aliphatic rings. The van der Waals surface area contributed by atoms with Crippen LogP contribution in [0, 0.1) is 5.82 Å². The molecule has 5 nitrogen and oxygen atoms in total. The highest BCUT2D eigenvalue weighted by molar-refractivity contribution is 8.18. The maximum atomic E-state index is 12.9. The van der Waals surface area contributed by atoms with E-state index in [2.05, 4.69) is 0 Å². The highest BCUT2D eigenvalue weighted by Crippen LogP contribution is 2.34. The van der Waals surface area contributed by atoms with Gasteiger partial charge in [0.25, 0.3) is 11.1 Å². The first-order valence-corrected chi connectivity index (χ1v) is 7.77. The number of carbonyl (C=O) groups is 2. The van der Waals surface area contributed by atoms with Crippen LogP contribution in [0.3, 0.4) is 0 Å². The Morgan fingerprint density at radius 3 is 2.42 bits per heavy atom. The molecule has 0 radical (unpaired) electrons. The molecule has 24 heavy (non-hydrogen) atoms. The molecule has 122 valence electrons. The van der Waals surface area contributed by atoms with Gasteiger partial charge in [-0.1, -0.05) is 18.2 Å². The van der Waals surface area contributed by atoms with Gasteiger partial charge in [0.2, 0.25) is 0 Å². The zero-order valence-electron chi connectivity index (χ0n) is 12.3. The summed E-state index contributed by atoms with van der Waals surface area (Å²) < 4.78 is 12.9. The molecule has 0 unspecified atom stereocenters. The van der Waals surface area contributed by atoms with Crippen molar-refractivity contribution in [3.8, 4) is 11.5 Å². The molecule has 3 rings (SSSR count). The fourth-order valence-corrected chi connectivity index (χ4v) is 3.03. The van der Waals surface area contributed by atoms with E-state index in [-0.39, 0.29) is 28.8 Å². The van der Waals surface area contributed by atoms with Gasteiger partial charge in [0.1, 0.15) is 5.82 Å². The Hall–Kier alpha value is -2.80. The molecule has 2 N–H and O–H groups in total. The smallest absolute Gasteiger partial charge is 0.293 e. The van der Waals surface area contributed by atoms with Gasteiger partial charge >= 0.3 is 0 Å². The topological polar surface area (TPSA) is 77.8 Å². The summed E-state index contributed by atoms with van der Waals surface area (Å²) in [7, 11) is 0. The number of nitrogens with zero attached hydrogens (tertiary/aromatic N) is 1. The molecular formula is C17H12FNO4S. The molecule has 2 amide bonds. The van der Waals surface area contributed by atoms with Crippen LogP contribution in [0.4, 0.5) is 9.18 Å². The van der Waals surface area contributed by atoms with Crippen molar-refractivity contribution in [2.75, 3.05) is 0 Å². The molecule has 1 fully saturated rings. The van der Waals surface area contributed by atoms with Crippen molar-refractivity contribution in [2.24, 2.45) is 0 Å². The number of phenolic OH excluding ortho intramolecular Hbond substituents is 2. The van der Waals surface area contributed by atoms with Gasteiger partial charge in [-0.2, -0.15) is 0 Å². The number of carbonyl (C=O) groups excluding carboxylic acids is 2. The van der Waals surface area contributed by atoms with Crippen LogP contribution in [0.1, 0.15) is 11.1 Å². The SMILES string of the molecule is O=C1S/C(=C\c2ccc(O)c(O)c2)C(=O)N1Cc1ccc(F)cc1. The number of rotatable bonds is 3. The minimum absolute atomic E-state index is 0.0586. The summed E-state index contributed by atoms with van der Waals surface area (Å²) >= 11 is 0.789. The Balaban J connectivity index is 1.81. The van der Waals surface area contributed by atoms with Crippen LogP contribution in [0.5, 0.6) is 11.5 Å². The van der Waals surface area contributed by atoms with E-state index in [4.69, 9.17) is 0 Å². The van der Waals surface area contributed by atoms with Gasteiger partial charge in [0, 0.05) is 0 Å². The second-order valence-electron chi connectivity index (χ2n) is 5.14. The van der Waals surface area contributed by atoms with Gasteiger partial charge in [0.05, 0.1) is 11.4 Å². The van der Waals surface area contributed by atoms with Crippen molar-refractivity contribution >= 4 is 29.0 Å². The number of thioether (sulfide) groups is 1. The van der Waals surface area contributed by atoms with Crippen LogP contribution in [0.15, 0.2) is 47.4 Å². The normalized spacial score (nSPS) is 16.2. The predicted octanol–water partition coefficient (Wildman–Crippen LogP) is 3.47. The summed E-state index contributed by atoms with van der Waals surface area (Å²) in [5, 5.41) is 18.4. The summed E-state index contributed by atoms with van der Waals surface area (Å²) in [5.74, 6) is -1.42. The van der Waals surface area contributed by atoms with Gasteiger partial charge < -0.3 is 10.2 Å². The molecule has 2 aromatic rings. The minimum atomic E-state index is -0.457. The minimum Gasteiger partial charge on any atom is -0.504 e. The molecule has 1 saturated heterocycles. The number of phenols is 2. The van der Waals surface area contributed by atoms with Gasteiger partial charge in [-0.3, -0.25) is 14.5 Å². The van der Waals surface area contributed by atoms with Crippen LogP contribution in [0.25, 0.3) is 6.08 Å². The fraction of sp³-hybridized carbons (Fsp3) is 0.0588. The highest BCUT2D eigenvalue weighted by Gasteiger charge is 2.34. The zero-order chi connectivity index (χ0) is 17.3. The second-order valence-corrected chi connectivity index (χ2v) is 6.14. The van der Waals surface area contributed by atoms with E-state index in [1.165, 1.54) is 48.5 Å². The van der Waals surface area contributed by atoms with Gasteiger partial charge in [-0.25, -0.2) is 4.39 Å². The molecule has 7 heteroatoms. The third-order valence-electron chi connectivity index (χ3n) is 3.42. The standard InChI is InChI=1S/C17H12FNO4S/c18-12-4-1-10(2-5-12)9-19-16(22)15(24-17(19)23)8-11-3-6-13(20)14(21)7-11/h1-8,20-21H,9H2/b15-8-. The first-order chi connectivity index (χ1) is 11.4. The van der Waals surface area contributed by atoms with Gasteiger partial charge in [0.15, 0.2) is 11.5 Å². The van der Waals surface area contributed by atoms with Crippen LogP contribution in [-0.4, -0.2) is 26.3 Å². The summed E-state index contributed by atoms with van der Waals surface area (Å²) in [6.07, 6.45) is 1.47. The van der Waals surface area contributed by atoms with Crippen LogP contribution < -0.4 is 0 Å². The molecule has 0 aliphatic carbocycles. The number of benzene rings is 2. The van der Waals surface area contributed by atoms with Crippen molar-refractivity contribution in [3.63, 3.8) is 0 Å². The lowest BCUT2D eigenvalue weighted by Crippen LogP contribution is -2.27. The average molecular weight is 345 g/mol. The lowest BCUT2D eigenvalue weighted by Gasteiger charge is -2.12. The van der Waals surface area contributed by atoms with Crippen LogP contribution >= 0.6 is 11.8 Å². The van der Waals surface area contributed by atoms with Gasteiger partial charge in [-0.05, 0) is 53.2 Å². The van der Waals surface area contributed by atoms with Crippen molar-refractivity contribution in [2.45, 2.75) is 6.54 Å². The first kappa shape index (κ1) is 16.1. The maximum Gasteiger partial charge on any atom is 0.293 e. The zero-order valence-corrected chi connectivity index (χ0v) is 13.1. The number of aromatic hydroxyl groups is 2. The molecule has 0 saturated carbocycles. The van der Waals surface area contributed by atoms with Crippen LogP contribution in [0.2, 0.25) is 0 Å². The first-order valence-electron chi connectivity index (χ1n) is 6.96. The Morgan fingerprint density at radius 2 is 1.75 bits per heavy atom. The molecule has 0 spiro atoms. The number of imide groups is 1. The third-order valence-corrected chi connectivity index (χ3v) is 4.33. The molecule has 2 aromatic carbocycles. The molecule has 0 bridgehead atoms. The monoisotopic (exact) mass is 345 g/mol. The van der Waals surface area contributed by atoms with Crippen molar-refractivity contribution in [1.82, 2.24) is 4.90 Å². The molecular weight excluding hydrogens is 333 g/mol. The second kappa shape index (κ2) is 6.37. The molecule has 1 heterocycles. The van der Waals surface area contributed by atoms with Crippen molar-refractivity contribution in [1.29, 1.82) is 0 Å². The van der Waals surface area contributed by atoms with E-state index in [0.717, 1.165) is 16.7 Å². The van der Waals surface area contributed by atoms with E-state index in [1.807, 2.05) is 0 Å². The van der Waals surface area contributed by atoms with E-state index in [1.54, 1.807) is 0 Å². The Labute approximate surface area is 141 Å². The van der Waals surface area contributed by atoms with E-state index in [0.29, 0.717) is 11.1 Å². The van der Waals surface area contributed by atoms with E-state index in [9.17, 15) is 24.2 Å². The summed E-state index contributed by atoms with van der Waals surface area (Å²) in [6.45, 7) is 0.0586. The lowest BCUT2D eigenvalue weighted by molar-refractivity contribution is -0.123. The Kier molecular flexibility index (Phi) is 4.26.